The van der Waals surface area contributed by atoms with Crippen molar-refractivity contribution in [2.75, 3.05) is 0 Å². The van der Waals surface area contributed by atoms with Gasteiger partial charge in [0, 0.05) is 23.2 Å². The first-order chi connectivity index (χ1) is 16.0. The molecule has 0 radical (unpaired) electrons. The van der Waals surface area contributed by atoms with Crippen LogP contribution in [0.5, 0.6) is 0 Å². The maximum atomic E-state index is 13.3. The van der Waals surface area contributed by atoms with Gasteiger partial charge in [-0.05, 0) is 81.4 Å². The van der Waals surface area contributed by atoms with E-state index in [2.05, 4.69) is 6.08 Å². The molecule has 184 valence electrons. The lowest BCUT2D eigenvalue weighted by Gasteiger charge is -2.39. The van der Waals surface area contributed by atoms with E-state index in [0.29, 0.717) is 29.9 Å². The van der Waals surface area contributed by atoms with Crippen LogP contribution in [0.1, 0.15) is 67.8 Å². The second kappa shape index (κ2) is 9.21. The molecule has 3 aliphatic carbocycles. The molecule has 2 atom stereocenters. The van der Waals surface area contributed by atoms with Crippen LogP contribution < -0.4 is 5.73 Å². The Hall–Kier alpha value is -2.61. The Kier molecular flexibility index (Phi) is 6.64. The number of carbonyl (C=O) groups is 2. The average Bonchev–Trinajstić information content (AvgIpc) is 3.64. The Morgan fingerprint density at radius 1 is 1.00 bits per heavy atom. The van der Waals surface area contributed by atoms with Crippen LogP contribution in [0.4, 0.5) is 13.2 Å². The van der Waals surface area contributed by atoms with Gasteiger partial charge in [0.25, 0.3) is 5.91 Å². The molecule has 1 unspecified atom stereocenters. The van der Waals surface area contributed by atoms with E-state index < -0.39 is 17.7 Å². The first kappa shape index (κ1) is 24.5. The zero-order chi connectivity index (χ0) is 24.7. The predicted molar refractivity (Wildman–Crippen MR) is 122 cm³/mol. The van der Waals surface area contributed by atoms with Gasteiger partial charge in [0.05, 0.1) is 0 Å². The van der Waals surface area contributed by atoms with Crippen LogP contribution >= 0.6 is 0 Å². The first-order valence-electron chi connectivity index (χ1n) is 11.9. The van der Waals surface area contributed by atoms with Crippen LogP contribution in [0.3, 0.4) is 0 Å². The van der Waals surface area contributed by atoms with E-state index in [9.17, 15) is 27.9 Å². The average molecular weight is 477 g/mol. The number of rotatable bonds is 6. The number of carbonyl (C=O) groups excluding carboxylic acids is 2. The highest BCUT2D eigenvalue weighted by Gasteiger charge is 2.51. The molecule has 0 aromatic heterocycles. The SMILES string of the molecule is C[C@](O)(c1ccc(C(=O)N(C2CC2)[C@H]2CC[C@H](C3C=CC(C(N)=O)=CC3)CC2)cc1)C(F)(F)F. The van der Waals surface area contributed by atoms with Crippen molar-refractivity contribution in [2.45, 2.75) is 75.7 Å². The molecule has 8 heteroatoms. The summed E-state index contributed by atoms with van der Waals surface area (Å²) in [6, 6.07) is 5.43. The largest absolute Gasteiger partial charge is 0.421 e. The summed E-state index contributed by atoms with van der Waals surface area (Å²) in [5, 5.41) is 9.89. The monoisotopic (exact) mass is 476 g/mol. The van der Waals surface area contributed by atoms with Crippen molar-refractivity contribution in [3.05, 3.63) is 59.2 Å². The van der Waals surface area contributed by atoms with E-state index in [1.165, 1.54) is 24.3 Å². The van der Waals surface area contributed by atoms with Gasteiger partial charge in [0.2, 0.25) is 5.91 Å². The van der Waals surface area contributed by atoms with Gasteiger partial charge in [-0.2, -0.15) is 13.2 Å². The highest BCUT2D eigenvalue weighted by atomic mass is 19.4. The lowest BCUT2D eigenvalue weighted by atomic mass is 9.75. The number of hydrogen-bond acceptors (Lipinski definition) is 3. The van der Waals surface area contributed by atoms with Crippen LogP contribution in [0.15, 0.2) is 48.1 Å². The minimum atomic E-state index is -4.80. The summed E-state index contributed by atoms with van der Waals surface area (Å²) >= 11 is 0. The normalized spacial score (nSPS) is 27.0. The molecule has 0 bridgehead atoms. The van der Waals surface area contributed by atoms with Crippen LogP contribution in [-0.2, 0) is 10.4 Å². The number of amides is 2. The Balaban J connectivity index is 1.40. The number of hydrogen-bond donors (Lipinski definition) is 2. The van der Waals surface area contributed by atoms with Gasteiger partial charge < -0.3 is 15.7 Å². The van der Waals surface area contributed by atoms with Crippen molar-refractivity contribution in [2.24, 2.45) is 17.6 Å². The van der Waals surface area contributed by atoms with E-state index in [1.807, 2.05) is 17.1 Å². The van der Waals surface area contributed by atoms with Crippen molar-refractivity contribution in [1.82, 2.24) is 4.90 Å². The van der Waals surface area contributed by atoms with Crippen molar-refractivity contribution >= 4 is 11.8 Å². The highest BCUT2D eigenvalue weighted by molar-refractivity contribution is 5.95. The van der Waals surface area contributed by atoms with Crippen LogP contribution in [0.2, 0.25) is 0 Å². The zero-order valence-corrected chi connectivity index (χ0v) is 19.2. The van der Waals surface area contributed by atoms with Crippen molar-refractivity contribution in [1.29, 1.82) is 0 Å². The Bertz CT molecular complexity index is 986. The van der Waals surface area contributed by atoms with Gasteiger partial charge in [0.15, 0.2) is 5.60 Å². The van der Waals surface area contributed by atoms with E-state index in [-0.39, 0.29) is 23.6 Å². The smallest absolute Gasteiger partial charge is 0.376 e. The fraction of sp³-hybridized carbons (Fsp3) is 0.538. The molecule has 1 aromatic carbocycles. The molecule has 5 nitrogen and oxygen atoms in total. The third-order valence-electron chi connectivity index (χ3n) is 7.58. The molecule has 2 fully saturated rings. The van der Waals surface area contributed by atoms with E-state index in [4.69, 9.17) is 5.73 Å². The second-order valence-corrected chi connectivity index (χ2v) is 9.94. The van der Waals surface area contributed by atoms with Crippen LogP contribution in [0, 0.1) is 11.8 Å². The molecule has 0 spiro atoms. The van der Waals surface area contributed by atoms with Gasteiger partial charge in [0.1, 0.15) is 0 Å². The number of benzene rings is 1. The number of halogens is 3. The Morgan fingerprint density at radius 2 is 1.56 bits per heavy atom. The van der Waals surface area contributed by atoms with Gasteiger partial charge in [-0.1, -0.05) is 30.4 Å². The molecule has 2 amide bonds. The molecule has 3 aliphatic rings. The van der Waals surface area contributed by atoms with E-state index >= 15 is 0 Å². The third-order valence-corrected chi connectivity index (χ3v) is 7.58. The summed E-state index contributed by atoms with van der Waals surface area (Å²) in [5.74, 6) is 0.282. The summed E-state index contributed by atoms with van der Waals surface area (Å²) < 4.78 is 39.4. The summed E-state index contributed by atoms with van der Waals surface area (Å²) in [4.78, 5) is 26.6. The molecule has 0 saturated heterocycles. The minimum Gasteiger partial charge on any atom is -0.376 e. The number of allylic oxidation sites excluding steroid dienone is 2. The molecule has 2 saturated carbocycles. The van der Waals surface area contributed by atoms with Crippen molar-refractivity contribution < 1.29 is 27.9 Å². The molecule has 4 rings (SSSR count). The topological polar surface area (TPSA) is 83.6 Å². The maximum Gasteiger partial charge on any atom is 0.421 e. The van der Waals surface area contributed by atoms with Gasteiger partial charge in [-0.25, -0.2) is 0 Å². The van der Waals surface area contributed by atoms with Crippen molar-refractivity contribution in [3.63, 3.8) is 0 Å². The molecule has 0 heterocycles. The fourth-order valence-electron chi connectivity index (χ4n) is 5.21. The molecular formula is C26H31F3N2O3. The second-order valence-electron chi connectivity index (χ2n) is 9.94. The zero-order valence-electron chi connectivity index (χ0n) is 19.2. The summed E-state index contributed by atoms with van der Waals surface area (Å²) in [6.07, 6.45) is 7.37. The predicted octanol–water partition coefficient (Wildman–Crippen LogP) is 4.61. The number of alkyl halides is 3. The van der Waals surface area contributed by atoms with Crippen molar-refractivity contribution in [3.8, 4) is 0 Å². The molecule has 34 heavy (non-hydrogen) atoms. The molecule has 1 aromatic rings. The Morgan fingerprint density at radius 3 is 2.00 bits per heavy atom. The quantitative estimate of drug-likeness (QED) is 0.629. The first-order valence-corrected chi connectivity index (χ1v) is 11.9. The lowest BCUT2D eigenvalue weighted by Crippen LogP contribution is -2.44. The molecule has 3 N–H and O–H groups in total. The summed E-state index contributed by atoms with van der Waals surface area (Å²) in [5.41, 5.74) is 2.98. The minimum absolute atomic E-state index is 0.110. The lowest BCUT2D eigenvalue weighted by molar-refractivity contribution is -0.258. The van der Waals surface area contributed by atoms with Gasteiger partial charge >= 0.3 is 6.18 Å². The summed E-state index contributed by atoms with van der Waals surface area (Å²) in [6.45, 7) is 0.713. The fourth-order valence-corrected chi connectivity index (χ4v) is 5.21. The van der Waals surface area contributed by atoms with E-state index in [1.54, 1.807) is 0 Å². The molecular weight excluding hydrogens is 445 g/mol. The number of primary amides is 1. The third kappa shape index (κ3) is 4.92. The number of nitrogens with two attached hydrogens (primary N) is 1. The van der Waals surface area contributed by atoms with E-state index in [0.717, 1.165) is 44.9 Å². The van der Waals surface area contributed by atoms with Crippen LogP contribution in [-0.4, -0.2) is 40.1 Å². The highest BCUT2D eigenvalue weighted by Crippen LogP contribution is 2.41. The molecule has 0 aliphatic heterocycles. The van der Waals surface area contributed by atoms with Gasteiger partial charge in [-0.3, -0.25) is 9.59 Å². The number of nitrogens with zero attached hydrogens (tertiary/aromatic N) is 1. The maximum absolute atomic E-state index is 13.3. The standard InChI is InChI=1S/C26H31F3N2O3/c1-25(34,26(27,28)29)20-10-6-19(7-11-20)24(33)31(22-14-15-22)21-12-8-17(9-13-21)16-2-4-18(5-3-16)23(30)32/h2,4-7,10-11,16-17,21-22,34H,3,8-9,12-15H2,1H3,(H2,30,32)/t16?,17-,21-,25-/m0/s1. The van der Waals surface area contributed by atoms with Crippen LogP contribution in [0.25, 0.3) is 0 Å². The number of aliphatic hydroxyl groups is 1. The van der Waals surface area contributed by atoms with Gasteiger partial charge in [-0.15, -0.1) is 0 Å². The Labute approximate surface area is 197 Å². The summed E-state index contributed by atoms with van der Waals surface area (Å²) in [7, 11) is 0.